The highest BCUT2D eigenvalue weighted by Gasteiger charge is 2.60. The summed E-state index contributed by atoms with van der Waals surface area (Å²) in [5, 5.41) is 16.7. The fourth-order valence-electron chi connectivity index (χ4n) is 5.63. The zero-order chi connectivity index (χ0) is 28.0. The van der Waals surface area contributed by atoms with Crippen LogP contribution in [0.25, 0.3) is 0 Å². The molecule has 0 bridgehead atoms. The maximum atomic E-state index is 13.3. The van der Waals surface area contributed by atoms with Gasteiger partial charge < -0.3 is 20.5 Å². The molecule has 2 saturated carbocycles. The minimum atomic E-state index is -4.70. The Kier molecular flexibility index (Phi) is 10.1. The van der Waals surface area contributed by atoms with Gasteiger partial charge in [-0.2, -0.15) is 26.3 Å². The first-order valence-corrected chi connectivity index (χ1v) is 13.3. The molecule has 1 saturated heterocycles. The number of rotatable bonds is 5. The Labute approximate surface area is 219 Å². The van der Waals surface area contributed by atoms with Crippen molar-refractivity contribution in [2.75, 3.05) is 26.8 Å². The van der Waals surface area contributed by atoms with Crippen LogP contribution in [0.15, 0.2) is 35.5 Å². The van der Waals surface area contributed by atoms with E-state index in [0.29, 0.717) is 50.3 Å². The topological polar surface area (TPSA) is 70.6 Å². The second-order valence-electron chi connectivity index (χ2n) is 10.7. The molecule has 38 heavy (non-hydrogen) atoms. The lowest BCUT2D eigenvalue weighted by atomic mass is 9.59. The highest BCUT2D eigenvalue weighted by atomic mass is 19.4. The Morgan fingerprint density at radius 1 is 1.08 bits per heavy atom. The van der Waals surface area contributed by atoms with Crippen LogP contribution in [-0.2, 0) is 9.53 Å². The molecule has 0 aromatic heterocycles. The molecule has 1 aliphatic heterocycles. The lowest BCUT2D eigenvalue weighted by Gasteiger charge is -2.50. The summed E-state index contributed by atoms with van der Waals surface area (Å²) >= 11 is 0. The van der Waals surface area contributed by atoms with Crippen LogP contribution in [0.5, 0.6) is 0 Å². The first-order chi connectivity index (χ1) is 17.8. The maximum absolute atomic E-state index is 13.3. The third kappa shape index (κ3) is 7.41. The molecule has 3 unspecified atom stereocenters. The molecule has 0 aromatic carbocycles. The van der Waals surface area contributed by atoms with Gasteiger partial charge in [-0.05, 0) is 82.9 Å². The van der Waals surface area contributed by atoms with Crippen LogP contribution in [0, 0.1) is 11.3 Å². The molecule has 4 rings (SSSR count). The number of hydrogen-bond donors (Lipinski definition) is 3. The second-order valence-corrected chi connectivity index (χ2v) is 10.7. The highest BCUT2D eigenvalue weighted by Crippen LogP contribution is 2.55. The fourth-order valence-corrected chi connectivity index (χ4v) is 5.63. The Morgan fingerprint density at radius 3 is 2.21 bits per heavy atom. The van der Waals surface area contributed by atoms with Crippen molar-refractivity contribution in [3.8, 4) is 0 Å². The van der Waals surface area contributed by atoms with Crippen LogP contribution in [0.3, 0.4) is 0 Å². The number of aliphatic hydroxyl groups is 1. The molecule has 3 N–H and O–H groups in total. The van der Waals surface area contributed by atoms with E-state index >= 15 is 0 Å². The van der Waals surface area contributed by atoms with Crippen molar-refractivity contribution < 1.29 is 41.0 Å². The van der Waals surface area contributed by atoms with E-state index in [1.165, 1.54) is 19.3 Å². The molecule has 0 radical (unpaired) electrons. The average molecular weight is 553 g/mol. The van der Waals surface area contributed by atoms with Gasteiger partial charge in [0, 0.05) is 31.4 Å². The Bertz CT molecular complexity index is 892. The van der Waals surface area contributed by atoms with Crippen molar-refractivity contribution in [3.63, 3.8) is 0 Å². The molecule has 4 aliphatic rings. The van der Waals surface area contributed by atoms with Gasteiger partial charge in [-0.25, -0.2) is 0 Å². The molecular formula is C27H38F6N2O3. The van der Waals surface area contributed by atoms with E-state index in [4.69, 9.17) is 4.74 Å². The standard InChI is InChI=1S/C22H28F6N2O2.C5H10O/c1-29-17-6-9-19(12-17,20(32)7-3-8-20)18(31)30-13-14-10-15(21(23,24)25)4-2-5-16(11-14)22(26,27)28;1-2-4-6-5-3-1/h2,4,10-11,15,17,29,32H,3,5-9,12-13H2,1H3,(H,30,31);1-5H2/b4-2?,14-10+,16-11+;. The summed E-state index contributed by atoms with van der Waals surface area (Å²) in [7, 11) is 1.75. The molecule has 3 fully saturated rings. The van der Waals surface area contributed by atoms with Crippen LogP contribution in [0.2, 0.25) is 0 Å². The van der Waals surface area contributed by atoms with Gasteiger partial charge in [0.1, 0.15) is 0 Å². The van der Waals surface area contributed by atoms with Gasteiger partial charge in [-0.1, -0.05) is 18.2 Å². The van der Waals surface area contributed by atoms with Crippen LogP contribution < -0.4 is 10.6 Å². The maximum Gasteiger partial charge on any atom is 0.413 e. The molecule has 216 valence electrons. The van der Waals surface area contributed by atoms with Gasteiger partial charge in [-0.15, -0.1) is 0 Å². The average Bonchev–Trinajstić information content (AvgIpc) is 3.28. The zero-order valence-electron chi connectivity index (χ0n) is 21.7. The molecule has 1 amide bonds. The summed E-state index contributed by atoms with van der Waals surface area (Å²) < 4.78 is 84.8. The quantitative estimate of drug-likeness (QED) is 0.311. The first kappa shape index (κ1) is 30.7. The molecule has 5 nitrogen and oxygen atoms in total. The zero-order valence-corrected chi connectivity index (χ0v) is 21.7. The van der Waals surface area contributed by atoms with Crippen molar-refractivity contribution >= 4 is 5.91 Å². The van der Waals surface area contributed by atoms with Crippen LogP contribution in [0.4, 0.5) is 26.3 Å². The van der Waals surface area contributed by atoms with Crippen molar-refractivity contribution in [3.05, 3.63) is 35.5 Å². The number of halogens is 6. The van der Waals surface area contributed by atoms with Crippen LogP contribution in [-0.4, -0.2) is 61.8 Å². The third-order valence-corrected chi connectivity index (χ3v) is 8.14. The van der Waals surface area contributed by atoms with Crippen molar-refractivity contribution in [1.82, 2.24) is 10.6 Å². The minimum absolute atomic E-state index is 0.00228. The van der Waals surface area contributed by atoms with Gasteiger partial charge >= 0.3 is 12.4 Å². The summed E-state index contributed by atoms with van der Waals surface area (Å²) in [5.41, 5.74) is -3.57. The summed E-state index contributed by atoms with van der Waals surface area (Å²) in [6, 6.07) is 0.00228. The largest absolute Gasteiger partial charge is 0.413 e. The Balaban J connectivity index is 0.000000585. The Morgan fingerprint density at radius 2 is 1.76 bits per heavy atom. The van der Waals surface area contributed by atoms with E-state index in [2.05, 4.69) is 10.6 Å². The van der Waals surface area contributed by atoms with Crippen LogP contribution >= 0.6 is 0 Å². The SMILES string of the molecule is C1CCOCC1.CNC1CCC(C(=O)NCC2=C/C(C(F)(F)F)C=CC/C(C(F)(F)F)=C\2)(C2(O)CCC2)C1. The molecule has 3 aliphatic carbocycles. The number of allylic oxidation sites excluding steroid dienone is 4. The summed E-state index contributed by atoms with van der Waals surface area (Å²) in [6.07, 6.45) is -0.113. The van der Waals surface area contributed by atoms with Gasteiger partial charge in [0.25, 0.3) is 0 Å². The number of carbonyl (C=O) groups is 1. The molecule has 0 aromatic rings. The summed E-state index contributed by atoms with van der Waals surface area (Å²) in [4.78, 5) is 13.2. The lowest BCUT2D eigenvalue weighted by Crippen LogP contribution is -2.59. The number of alkyl halides is 6. The van der Waals surface area contributed by atoms with E-state index in [-0.39, 0.29) is 11.6 Å². The van der Waals surface area contributed by atoms with Gasteiger partial charge in [0.05, 0.1) is 16.9 Å². The van der Waals surface area contributed by atoms with Crippen molar-refractivity contribution in [2.24, 2.45) is 11.3 Å². The van der Waals surface area contributed by atoms with E-state index < -0.39 is 53.7 Å². The summed E-state index contributed by atoms with van der Waals surface area (Å²) in [6.45, 7) is 1.51. The first-order valence-electron chi connectivity index (χ1n) is 13.3. The number of ether oxygens (including phenoxy) is 1. The summed E-state index contributed by atoms with van der Waals surface area (Å²) in [5.74, 6) is -2.58. The lowest BCUT2D eigenvalue weighted by molar-refractivity contribution is -0.167. The predicted molar refractivity (Wildman–Crippen MR) is 131 cm³/mol. The monoisotopic (exact) mass is 552 g/mol. The molecular weight excluding hydrogens is 514 g/mol. The molecule has 11 heteroatoms. The van der Waals surface area contributed by atoms with Crippen molar-refractivity contribution in [1.29, 1.82) is 0 Å². The number of hydrogen-bond acceptors (Lipinski definition) is 4. The van der Waals surface area contributed by atoms with Crippen LogP contribution in [0.1, 0.15) is 64.2 Å². The third-order valence-electron chi connectivity index (χ3n) is 8.14. The molecule has 1 heterocycles. The predicted octanol–water partition coefficient (Wildman–Crippen LogP) is 5.52. The van der Waals surface area contributed by atoms with E-state index in [0.717, 1.165) is 25.7 Å². The van der Waals surface area contributed by atoms with E-state index in [9.17, 15) is 36.2 Å². The van der Waals surface area contributed by atoms with Gasteiger partial charge in [0.2, 0.25) is 5.91 Å². The smallest absolute Gasteiger partial charge is 0.389 e. The van der Waals surface area contributed by atoms with E-state index in [1.807, 2.05) is 0 Å². The van der Waals surface area contributed by atoms with Gasteiger partial charge in [0.15, 0.2) is 0 Å². The number of carbonyl (C=O) groups excluding carboxylic acids is 1. The molecule has 3 atom stereocenters. The minimum Gasteiger partial charge on any atom is -0.389 e. The second kappa shape index (κ2) is 12.6. The molecule has 0 spiro atoms. The van der Waals surface area contributed by atoms with Gasteiger partial charge in [-0.3, -0.25) is 4.79 Å². The Hall–Kier alpha value is -1.85. The number of nitrogens with one attached hydrogen (secondary N) is 2. The highest BCUT2D eigenvalue weighted by molar-refractivity contribution is 5.85. The van der Waals surface area contributed by atoms with Crippen molar-refractivity contribution in [2.45, 2.75) is 88.2 Å². The van der Waals surface area contributed by atoms with E-state index in [1.54, 1.807) is 7.05 Å². The fraction of sp³-hybridized carbons (Fsp3) is 0.741. The number of amides is 1. The normalized spacial score (nSPS) is 32.3.